The summed E-state index contributed by atoms with van der Waals surface area (Å²) in [6, 6.07) is 17.4. The van der Waals surface area contributed by atoms with Gasteiger partial charge in [-0.15, -0.1) is 6.58 Å². The Hall–Kier alpha value is -3.13. The quantitative estimate of drug-likeness (QED) is 0.274. The molecule has 7 nitrogen and oxygen atoms in total. The monoisotopic (exact) mass is 465 g/mol. The smallest absolute Gasteiger partial charge is 0.227 e. The number of methoxy groups -OCH3 is 1. The molecule has 1 atom stereocenters. The molecule has 0 aliphatic heterocycles. The van der Waals surface area contributed by atoms with Crippen LogP contribution in [0.15, 0.2) is 67.3 Å². The van der Waals surface area contributed by atoms with Crippen LogP contribution in [0.5, 0.6) is 17.4 Å². The third kappa shape index (κ3) is 6.93. The van der Waals surface area contributed by atoms with Crippen molar-refractivity contribution in [1.29, 1.82) is 0 Å². The lowest BCUT2D eigenvalue weighted by Crippen LogP contribution is -2.35. The molecule has 1 heterocycles. The molecular weight excluding hydrogens is 430 g/mol. The van der Waals surface area contributed by atoms with Crippen molar-refractivity contribution in [2.45, 2.75) is 32.9 Å². The Bertz CT molecular complexity index is 1020. The molecule has 0 fully saturated rings. The standard InChI is InChI=1S/C27H35N3O4/c1-5-16-29(18-23(31)20-33-17-6-2)19-26-21(3)28-30(22-10-8-7-9-11-22)27(26)34-25-14-12-24(32-4)13-15-25/h6-15,23,31H,2,5,16-20H2,1,3-4H3. The fraction of sp³-hybridized carbons (Fsp3) is 0.370. The third-order valence-corrected chi connectivity index (χ3v) is 5.35. The van der Waals surface area contributed by atoms with E-state index >= 15 is 0 Å². The number of benzene rings is 2. The van der Waals surface area contributed by atoms with Crippen LogP contribution in [-0.4, -0.2) is 59.3 Å². The van der Waals surface area contributed by atoms with E-state index in [2.05, 4.69) is 18.4 Å². The molecule has 34 heavy (non-hydrogen) atoms. The molecule has 0 saturated carbocycles. The first-order chi connectivity index (χ1) is 16.5. The van der Waals surface area contributed by atoms with Crippen LogP contribution >= 0.6 is 0 Å². The van der Waals surface area contributed by atoms with Crippen LogP contribution in [0.4, 0.5) is 0 Å². The van der Waals surface area contributed by atoms with E-state index in [1.165, 1.54) is 0 Å². The maximum atomic E-state index is 10.5. The van der Waals surface area contributed by atoms with E-state index in [1.807, 2.05) is 66.2 Å². The number of aromatic nitrogens is 2. The van der Waals surface area contributed by atoms with Gasteiger partial charge in [-0.25, -0.2) is 4.68 Å². The van der Waals surface area contributed by atoms with Gasteiger partial charge in [0, 0.05) is 13.1 Å². The number of hydrogen-bond acceptors (Lipinski definition) is 6. The van der Waals surface area contributed by atoms with Crippen molar-refractivity contribution >= 4 is 0 Å². The highest BCUT2D eigenvalue weighted by Gasteiger charge is 2.22. The molecule has 182 valence electrons. The highest BCUT2D eigenvalue weighted by atomic mass is 16.5. The number of aliphatic hydroxyl groups is 1. The van der Waals surface area contributed by atoms with Gasteiger partial charge in [-0.05, 0) is 56.3 Å². The van der Waals surface area contributed by atoms with E-state index in [9.17, 15) is 5.11 Å². The Morgan fingerprint density at radius 2 is 1.82 bits per heavy atom. The van der Waals surface area contributed by atoms with Crippen LogP contribution in [0.2, 0.25) is 0 Å². The maximum Gasteiger partial charge on any atom is 0.227 e. The first-order valence-electron chi connectivity index (χ1n) is 11.6. The fourth-order valence-electron chi connectivity index (χ4n) is 3.74. The molecule has 0 amide bonds. The van der Waals surface area contributed by atoms with Crippen molar-refractivity contribution in [2.24, 2.45) is 0 Å². The zero-order chi connectivity index (χ0) is 24.3. The minimum Gasteiger partial charge on any atom is -0.497 e. The van der Waals surface area contributed by atoms with Gasteiger partial charge in [0.15, 0.2) is 0 Å². The van der Waals surface area contributed by atoms with Gasteiger partial charge < -0.3 is 19.3 Å². The number of rotatable bonds is 14. The maximum absolute atomic E-state index is 10.5. The summed E-state index contributed by atoms with van der Waals surface area (Å²) >= 11 is 0. The number of para-hydroxylation sites is 1. The molecule has 1 aromatic heterocycles. The molecule has 2 aromatic carbocycles. The molecule has 3 aromatic rings. The Morgan fingerprint density at radius 3 is 2.47 bits per heavy atom. The van der Waals surface area contributed by atoms with Gasteiger partial charge in [-0.2, -0.15) is 5.10 Å². The minimum atomic E-state index is -0.595. The topological polar surface area (TPSA) is 69.0 Å². The molecule has 0 aliphatic carbocycles. The predicted octanol–water partition coefficient (Wildman–Crippen LogP) is 4.76. The van der Waals surface area contributed by atoms with Gasteiger partial charge in [0.1, 0.15) is 11.5 Å². The molecule has 0 bridgehead atoms. The Morgan fingerprint density at radius 1 is 1.12 bits per heavy atom. The fourth-order valence-corrected chi connectivity index (χ4v) is 3.74. The van der Waals surface area contributed by atoms with E-state index < -0.39 is 6.10 Å². The first-order valence-corrected chi connectivity index (χ1v) is 11.6. The molecule has 1 N–H and O–H groups in total. The van der Waals surface area contributed by atoms with E-state index in [0.29, 0.717) is 31.3 Å². The van der Waals surface area contributed by atoms with Gasteiger partial charge >= 0.3 is 0 Å². The highest BCUT2D eigenvalue weighted by Crippen LogP contribution is 2.32. The van der Waals surface area contributed by atoms with Gasteiger partial charge in [-0.3, -0.25) is 4.90 Å². The lowest BCUT2D eigenvalue weighted by atomic mass is 10.2. The van der Waals surface area contributed by atoms with Crippen LogP contribution in [0.3, 0.4) is 0 Å². The zero-order valence-corrected chi connectivity index (χ0v) is 20.3. The summed E-state index contributed by atoms with van der Waals surface area (Å²) in [5.41, 5.74) is 2.78. The van der Waals surface area contributed by atoms with Crippen LogP contribution in [0, 0.1) is 6.92 Å². The summed E-state index contributed by atoms with van der Waals surface area (Å²) in [6.45, 7) is 10.4. The first kappa shape index (κ1) is 25.5. The SMILES string of the molecule is C=CCOCC(O)CN(CCC)Cc1c(C)nn(-c2ccccc2)c1Oc1ccc(OC)cc1. The number of nitrogens with zero attached hydrogens (tertiary/aromatic N) is 3. The normalized spacial score (nSPS) is 12.0. The minimum absolute atomic E-state index is 0.268. The van der Waals surface area contributed by atoms with Crippen LogP contribution in [0.1, 0.15) is 24.6 Å². The molecule has 0 radical (unpaired) electrons. The van der Waals surface area contributed by atoms with E-state index in [0.717, 1.165) is 35.7 Å². The third-order valence-electron chi connectivity index (χ3n) is 5.35. The van der Waals surface area contributed by atoms with Crippen molar-refractivity contribution < 1.29 is 19.3 Å². The van der Waals surface area contributed by atoms with Crippen molar-refractivity contribution in [3.63, 3.8) is 0 Å². The molecule has 0 aliphatic rings. The van der Waals surface area contributed by atoms with Gasteiger partial charge in [0.2, 0.25) is 5.88 Å². The second-order valence-electron chi connectivity index (χ2n) is 8.11. The van der Waals surface area contributed by atoms with Gasteiger partial charge in [0.25, 0.3) is 0 Å². The van der Waals surface area contributed by atoms with Crippen LogP contribution in [0.25, 0.3) is 5.69 Å². The molecule has 0 saturated heterocycles. The van der Waals surface area contributed by atoms with E-state index in [-0.39, 0.29) is 6.61 Å². The molecule has 3 rings (SSSR count). The number of hydrogen-bond donors (Lipinski definition) is 1. The highest BCUT2D eigenvalue weighted by molar-refractivity contribution is 5.44. The largest absolute Gasteiger partial charge is 0.497 e. The van der Waals surface area contributed by atoms with E-state index in [4.69, 9.17) is 19.3 Å². The average Bonchev–Trinajstić information content (AvgIpc) is 3.15. The molecule has 1 unspecified atom stereocenters. The second-order valence-corrected chi connectivity index (χ2v) is 8.11. The summed E-state index contributed by atoms with van der Waals surface area (Å²) < 4.78 is 18.9. The Labute approximate surface area is 202 Å². The molecule has 7 heteroatoms. The Kier molecular flexibility index (Phi) is 9.70. The summed E-state index contributed by atoms with van der Waals surface area (Å²) in [7, 11) is 1.64. The average molecular weight is 466 g/mol. The van der Waals surface area contributed by atoms with E-state index in [1.54, 1.807) is 13.2 Å². The van der Waals surface area contributed by atoms with Crippen molar-refractivity contribution in [1.82, 2.24) is 14.7 Å². The molecular formula is C27H35N3O4. The summed E-state index contributed by atoms with van der Waals surface area (Å²) in [4.78, 5) is 2.21. The van der Waals surface area contributed by atoms with Gasteiger partial charge in [-0.1, -0.05) is 31.2 Å². The van der Waals surface area contributed by atoms with Crippen LogP contribution < -0.4 is 9.47 Å². The van der Waals surface area contributed by atoms with Crippen LogP contribution in [-0.2, 0) is 11.3 Å². The second kappa shape index (κ2) is 12.9. The molecule has 0 spiro atoms. The summed E-state index contributed by atoms with van der Waals surface area (Å²) in [5, 5.41) is 15.3. The zero-order valence-electron chi connectivity index (χ0n) is 20.3. The number of ether oxygens (including phenoxy) is 3. The lowest BCUT2D eigenvalue weighted by molar-refractivity contribution is 0.0244. The number of aliphatic hydroxyl groups excluding tert-OH is 1. The summed E-state index contributed by atoms with van der Waals surface area (Å²) in [5.74, 6) is 2.12. The van der Waals surface area contributed by atoms with Crippen molar-refractivity contribution in [2.75, 3.05) is 33.4 Å². The lowest BCUT2D eigenvalue weighted by Gasteiger charge is -2.25. The number of aryl methyl sites for hydroxylation is 1. The van der Waals surface area contributed by atoms with Crippen molar-refractivity contribution in [3.8, 4) is 23.1 Å². The Balaban J connectivity index is 1.91. The van der Waals surface area contributed by atoms with Gasteiger partial charge in [0.05, 0.1) is 43.4 Å². The predicted molar refractivity (Wildman–Crippen MR) is 134 cm³/mol. The van der Waals surface area contributed by atoms with Crippen molar-refractivity contribution in [3.05, 3.63) is 78.5 Å². The summed E-state index contributed by atoms with van der Waals surface area (Å²) in [6.07, 6.45) is 2.04.